The molecule has 114 valence electrons. The summed E-state index contributed by atoms with van der Waals surface area (Å²) in [5.74, 6) is 0.819. The van der Waals surface area contributed by atoms with Crippen LogP contribution in [0, 0.1) is 0 Å². The molecule has 0 aliphatic carbocycles. The van der Waals surface area contributed by atoms with Crippen molar-refractivity contribution in [2.75, 3.05) is 26.6 Å². The minimum absolute atomic E-state index is 0.0607. The van der Waals surface area contributed by atoms with Crippen molar-refractivity contribution in [2.45, 2.75) is 52.1 Å². The Kier molecular flexibility index (Phi) is 6.50. The zero-order valence-electron chi connectivity index (χ0n) is 13.7. The number of nitrogens with two attached hydrogens (primary N) is 1. The minimum atomic E-state index is 0.0607. The smallest absolute Gasteiger partial charge is 0.0843 e. The molecule has 1 unspecified atom stereocenters. The highest BCUT2D eigenvalue weighted by Gasteiger charge is 2.18. The van der Waals surface area contributed by atoms with E-state index in [1.807, 2.05) is 0 Å². The summed E-state index contributed by atoms with van der Waals surface area (Å²) in [5.41, 5.74) is 10.9. The van der Waals surface area contributed by atoms with Crippen LogP contribution in [0.5, 0.6) is 0 Å². The van der Waals surface area contributed by atoms with Crippen LogP contribution in [0.1, 0.15) is 68.7 Å². The van der Waals surface area contributed by atoms with Crippen molar-refractivity contribution in [1.82, 2.24) is 0 Å². The van der Waals surface area contributed by atoms with Crippen LogP contribution in [0.4, 0.5) is 5.69 Å². The lowest BCUT2D eigenvalue weighted by Gasteiger charge is -2.22. The van der Waals surface area contributed by atoms with Gasteiger partial charge < -0.3 is 15.2 Å². The van der Waals surface area contributed by atoms with Crippen LogP contribution >= 0.6 is 0 Å². The zero-order chi connectivity index (χ0) is 15.3. The molecule has 0 aliphatic rings. The highest BCUT2D eigenvalue weighted by atomic mass is 16.5. The number of ether oxygens (including phenoxy) is 2. The van der Waals surface area contributed by atoms with Crippen molar-refractivity contribution in [3.8, 4) is 0 Å². The number of hydrogen-bond acceptors (Lipinski definition) is 3. The molecule has 0 aliphatic heterocycles. The molecule has 1 atom stereocenters. The molecular formula is C17H29NO2. The van der Waals surface area contributed by atoms with Gasteiger partial charge in [-0.2, -0.15) is 0 Å². The largest absolute Gasteiger partial charge is 0.398 e. The predicted octanol–water partition coefficient (Wildman–Crippen LogP) is 4.24. The minimum Gasteiger partial charge on any atom is -0.398 e. The van der Waals surface area contributed by atoms with Gasteiger partial charge in [0.2, 0.25) is 0 Å². The van der Waals surface area contributed by atoms with Gasteiger partial charge in [-0.25, -0.2) is 0 Å². The van der Waals surface area contributed by atoms with Gasteiger partial charge in [-0.15, -0.1) is 0 Å². The summed E-state index contributed by atoms with van der Waals surface area (Å²) in [7, 11) is 3.47. The van der Waals surface area contributed by atoms with Gasteiger partial charge in [0.1, 0.15) is 0 Å². The Labute approximate surface area is 123 Å². The van der Waals surface area contributed by atoms with Gasteiger partial charge >= 0.3 is 0 Å². The van der Waals surface area contributed by atoms with E-state index in [-0.39, 0.29) is 6.10 Å². The first kappa shape index (κ1) is 17.0. The Morgan fingerprint density at radius 1 is 1.00 bits per heavy atom. The molecule has 0 spiro atoms. The molecule has 3 nitrogen and oxygen atoms in total. The summed E-state index contributed by atoms with van der Waals surface area (Å²) in [4.78, 5) is 0. The Balaban J connectivity index is 3.24. The maximum atomic E-state index is 6.33. The molecule has 3 heteroatoms. The second kappa shape index (κ2) is 7.65. The Morgan fingerprint density at radius 2 is 1.50 bits per heavy atom. The number of nitrogen functional groups attached to an aromatic ring is 1. The summed E-state index contributed by atoms with van der Waals surface area (Å²) in [6, 6.07) is 4.38. The van der Waals surface area contributed by atoms with E-state index in [0.29, 0.717) is 18.4 Å². The van der Waals surface area contributed by atoms with Crippen LogP contribution in [0.2, 0.25) is 0 Å². The van der Waals surface area contributed by atoms with Gasteiger partial charge in [0, 0.05) is 32.9 Å². The van der Waals surface area contributed by atoms with Crippen molar-refractivity contribution < 1.29 is 9.47 Å². The van der Waals surface area contributed by atoms with Crippen molar-refractivity contribution in [3.05, 3.63) is 28.8 Å². The second-order valence-electron chi connectivity index (χ2n) is 5.93. The van der Waals surface area contributed by atoms with Crippen LogP contribution < -0.4 is 5.73 Å². The normalized spacial score (nSPS) is 13.2. The monoisotopic (exact) mass is 279 g/mol. The van der Waals surface area contributed by atoms with E-state index in [9.17, 15) is 0 Å². The molecule has 2 N–H and O–H groups in total. The molecule has 0 saturated heterocycles. The fourth-order valence-corrected chi connectivity index (χ4v) is 2.51. The molecule has 0 amide bonds. The van der Waals surface area contributed by atoms with E-state index in [0.717, 1.165) is 12.1 Å². The number of methoxy groups -OCH3 is 2. The van der Waals surface area contributed by atoms with Crippen molar-refractivity contribution >= 4 is 5.69 Å². The molecule has 0 radical (unpaired) electrons. The summed E-state index contributed by atoms with van der Waals surface area (Å²) in [6.45, 7) is 9.40. The third kappa shape index (κ3) is 3.97. The van der Waals surface area contributed by atoms with Gasteiger partial charge in [0.15, 0.2) is 0 Å². The lowest BCUT2D eigenvalue weighted by Crippen LogP contribution is -2.10. The average molecular weight is 279 g/mol. The topological polar surface area (TPSA) is 44.5 Å². The fraction of sp³-hybridized carbons (Fsp3) is 0.647. The number of anilines is 1. The quantitative estimate of drug-likeness (QED) is 0.759. The fourth-order valence-electron chi connectivity index (χ4n) is 2.51. The third-order valence-electron chi connectivity index (χ3n) is 3.75. The number of benzene rings is 1. The summed E-state index contributed by atoms with van der Waals surface area (Å²) in [5, 5.41) is 0. The van der Waals surface area contributed by atoms with E-state index >= 15 is 0 Å². The van der Waals surface area contributed by atoms with E-state index in [2.05, 4.69) is 39.8 Å². The van der Waals surface area contributed by atoms with Crippen LogP contribution in [-0.2, 0) is 9.47 Å². The maximum Gasteiger partial charge on any atom is 0.0843 e. The van der Waals surface area contributed by atoms with E-state index in [1.54, 1.807) is 14.2 Å². The Morgan fingerprint density at radius 3 is 1.85 bits per heavy atom. The highest BCUT2D eigenvalue weighted by Crippen LogP contribution is 2.34. The molecular weight excluding hydrogens is 250 g/mol. The van der Waals surface area contributed by atoms with Gasteiger partial charge in [0.25, 0.3) is 0 Å². The van der Waals surface area contributed by atoms with E-state index in [4.69, 9.17) is 15.2 Å². The van der Waals surface area contributed by atoms with E-state index in [1.165, 1.54) is 16.7 Å². The van der Waals surface area contributed by atoms with Gasteiger partial charge in [0.05, 0.1) is 6.10 Å². The highest BCUT2D eigenvalue weighted by molar-refractivity contribution is 5.58. The van der Waals surface area contributed by atoms with Gasteiger partial charge in [-0.05, 0) is 28.5 Å². The first-order valence-corrected chi connectivity index (χ1v) is 7.37. The average Bonchev–Trinajstić information content (AvgIpc) is 2.40. The molecule has 0 aromatic heterocycles. The lowest BCUT2D eigenvalue weighted by molar-refractivity contribution is 0.0661. The molecule has 0 bridgehead atoms. The zero-order valence-corrected chi connectivity index (χ0v) is 13.7. The van der Waals surface area contributed by atoms with Gasteiger partial charge in [-0.1, -0.05) is 39.8 Å². The molecule has 20 heavy (non-hydrogen) atoms. The van der Waals surface area contributed by atoms with Crippen LogP contribution in [0.25, 0.3) is 0 Å². The molecule has 1 aromatic carbocycles. The predicted molar refractivity (Wildman–Crippen MR) is 85.3 cm³/mol. The summed E-state index contributed by atoms with van der Waals surface area (Å²) < 4.78 is 10.8. The molecule has 0 heterocycles. The van der Waals surface area contributed by atoms with Gasteiger partial charge in [-0.3, -0.25) is 0 Å². The summed E-state index contributed by atoms with van der Waals surface area (Å²) >= 11 is 0. The van der Waals surface area contributed by atoms with Crippen LogP contribution in [0.3, 0.4) is 0 Å². The molecule has 0 saturated carbocycles. The first-order valence-electron chi connectivity index (χ1n) is 7.37. The van der Waals surface area contributed by atoms with Crippen molar-refractivity contribution in [2.24, 2.45) is 0 Å². The van der Waals surface area contributed by atoms with Crippen molar-refractivity contribution in [3.63, 3.8) is 0 Å². The van der Waals surface area contributed by atoms with Crippen LogP contribution in [-0.4, -0.2) is 20.8 Å². The summed E-state index contributed by atoms with van der Waals surface area (Å²) in [6.07, 6.45) is 0.914. The standard InChI is InChI=1S/C17H29NO2/c1-11(2)14-9-13(16(20-6)7-8-19-5)10-15(12(3)4)17(14)18/h9-12,16H,7-8,18H2,1-6H3. The van der Waals surface area contributed by atoms with Crippen molar-refractivity contribution in [1.29, 1.82) is 0 Å². The maximum absolute atomic E-state index is 6.33. The SMILES string of the molecule is COCCC(OC)c1cc(C(C)C)c(N)c(C(C)C)c1. The molecule has 0 fully saturated rings. The molecule has 1 aromatic rings. The Hall–Kier alpha value is -1.06. The Bertz CT molecular complexity index is 398. The molecule has 1 rings (SSSR count). The number of hydrogen-bond donors (Lipinski definition) is 1. The second-order valence-corrected chi connectivity index (χ2v) is 5.93. The number of rotatable bonds is 7. The van der Waals surface area contributed by atoms with E-state index < -0.39 is 0 Å². The first-order chi connectivity index (χ1) is 9.42. The third-order valence-corrected chi connectivity index (χ3v) is 3.75. The lowest BCUT2D eigenvalue weighted by atomic mass is 9.89. The van der Waals surface area contributed by atoms with Crippen LogP contribution in [0.15, 0.2) is 12.1 Å².